The lowest BCUT2D eigenvalue weighted by Gasteiger charge is -2.26. The highest BCUT2D eigenvalue weighted by atomic mass is 79.9. The van der Waals surface area contributed by atoms with Gasteiger partial charge < -0.3 is 14.4 Å². The molecule has 0 unspecified atom stereocenters. The van der Waals surface area contributed by atoms with Crippen molar-refractivity contribution in [1.82, 2.24) is 4.90 Å². The summed E-state index contributed by atoms with van der Waals surface area (Å²) in [5.74, 6) is 0.276. The maximum Gasteiger partial charge on any atom is 0.416 e. The Morgan fingerprint density at radius 1 is 1.27 bits per heavy atom. The zero-order valence-corrected chi connectivity index (χ0v) is 18.6. The molecule has 2 aromatic rings. The highest BCUT2D eigenvalue weighted by Gasteiger charge is 2.33. The molecule has 0 spiro atoms. The van der Waals surface area contributed by atoms with Gasteiger partial charge in [0, 0.05) is 19.2 Å². The molecule has 2 aromatic carbocycles. The molecule has 0 radical (unpaired) electrons. The van der Waals surface area contributed by atoms with E-state index in [1.54, 1.807) is 23.1 Å². The molecule has 1 amide bonds. The van der Waals surface area contributed by atoms with E-state index in [0.717, 1.165) is 12.1 Å². The minimum atomic E-state index is -4.70. The highest BCUT2D eigenvalue weighted by molar-refractivity contribution is 9.10. The van der Waals surface area contributed by atoms with E-state index >= 15 is 0 Å². The van der Waals surface area contributed by atoms with Crippen molar-refractivity contribution in [3.63, 3.8) is 0 Å². The normalized spacial score (nSPS) is 14.4. The van der Waals surface area contributed by atoms with Gasteiger partial charge in [-0.25, -0.2) is 0 Å². The summed E-state index contributed by atoms with van der Waals surface area (Å²) in [7, 11) is 0. The first kappa shape index (κ1) is 24.5. The molecule has 1 N–H and O–H groups in total. The number of benzene rings is 2. The summed E-state index contributed by atoms with van der Waals surface area (Å²) >= 11 is 3.34. The van der Waals surface area contributed by atoms with Gasteiger partial charge in [0.2, 0.25) is 0 Å². The Balaban J connectivity index is 1.62. The van der Waals surface area contributed by atoms with Crippen LogP contribution in [0.2, 0.25) is 0 Å². The average Bonchev–Trinajstić information content (AvgIpc) is 2.78. The maximum absolute atomic E-state index is 12.8. The van der Waals surface area contributed by atoms with Crippen molar-refractivity contribution in [1.29, 1.82) is 0 Å². The van der Waals surface area contributed by atoms with Gasteiger partial charge in [0.05, 0.1) is 34.4 Å². The standard InChI is InChI=1S/C20H18BrF3N4O5/c21-15-9-13(1-4-18(15)33-12-19(29)27-5-7-32-8-6-27)11-25-26-16-3-2-14(20(22,23)24)10-17(16)28(30)31/h1-4,9-11,26H,5-8,12H2/b25-11+. The fourth-order valence-electron chi connectivity index (χ4n) is 2.89. The SMILES string of the molecule is O=C(COc1ccc(/C=N/Nc2ccc(C(F)(F)F)cc2[N+](=O)[O-])cc1Br)N1CCOCC1. The first-order valence-corrected chi connectivity index (χ1v) is 10.4. The lowest BCUT2D eigenvalue weighted by molar-refractivity contribution is -0.384. The summed E-state index contributed by atoms with van der Waals surface area (Å²) in [5, 5.41) is 15.0. The van der Waals surface area contributed by atoms with Crippen molar-refractivity contribution in [3.05, 3.63) is 62.1 Å². The van der Waals surface area contributed by atoms with Crippen molar-refractivity contribution >= 4 is 39.4 Å². The topological polar surface area (TPSA) is 106 Å². The van der Waals surface area contributed by atoms with Crippen LogP contribution in [0.3, 0.4) is 0 Å². The van der Waals surface area contributed by atoms with Gasteiger partial charge in [0.25, 0.3) is 11.6 Å². The van der Waals surface area contributed by atoms with Crippen LogP contribution in [0.4, 0.5) is 24.5 Å². The van der Waals surface area contributed by atoms with Crippen molar-refractivity contribution < 1.29 is 32.4 Å². The van der Waals surface area contributed by atoms with E-state index in [4.69, 9.17) is 9.47 Å². The number of nitrogens with one attached hydrogen (secondary N) is 1. The third-order valence-corrected chi connectivity index (χ3v) is 5.21. The lowest BCUT2D eigenvalue weighted by atomic mass is 10.1. The molecule has 1 aliphatic heterocycles. The highest BCUT2D eigenvalue weighted by Crippen LogP contribution is 2.35. The largest absolute Gasteiger partial charge is 0.483 e. The monoisotopic (exact) mass is 530 g/mol. The summed E-state index contributed by atoms with van der Waals surface area (Å²) < 4.78 is 49.7. The molecule has 0 aliphatic carbocycles. The van der Waals surface area contributed by atoms with Crippen molar-refractivity contribution in [2.75, 3.05) is 38.3 Å². The number of hydrazone groups is 1. The second-order valence-electron chi connectivity index (χ2n) is 6.83. The number of nitro groups is 1. The number of carbonyl (C=O) groups excluding carboxylic acids is 1. The van der Waals surface area contributed by atoms with E-state index in [2.05, 4.69) is 26.5 Å². The van der Waals surface area contributed by atoms with Gasteiger partial charge in [0.1, 0.15) is 11.4 Å². The molecule has 1 saturated heterocycles. The predicted octanol–water partition coefficient (Wildman–Crippen LogP) is 4.06. The van der Waals surface area contributed by atoms with Gasteiger partial charge in [-0.3, -0.25) is 20.3 Å². The molecule has 0 bridgehead atoms. The van der Waals surface area contributed by atoms with Crippen LogP contribution in [0, 0.1) is 10.1 Å². The Kier molecular flexibility index (Phi) is 7.87. The number of hydrogen-bond acceptors (Lipinski definition) is 7. The minimum Gasteiger partial charge on any atom is -0.483 e. The van der Waals surface area contributed by atoms with Crippen LogP contribution < -0.4 is 10.2 Å². The van der Waals surface area contributed by atoms with E-state index in [-0.39, 0.29) is 18.2 Å². The van der Waals surface area contributed by atoms with Gasteiger partial charge in [-0.1, -0.05) is 0 Å². The summed E-state index contributed by atoms with van der Waals surface area (Å²) in [6, 6.07) is 6.99. The molecular weight excluding hydrogens is 513 g/mol. The fraction of sp³-hybridized carbons (Fsp3) is 0.300. The molecule has 9 nitrogen and oxygen atoms in total. The number of nitrogens with zero attached hydrogens (tertiary/aromatic N) is 3. The number of nitro benzene ring substituents is 1. The number of alkyl halides is 3. The molecular formula is C20H18BrF3N4O5. The van der Waals surface area contributed by atoms with Gasteiger partial charge >= 0.3 is 6.18 Å². The summed E-state index contributed by atoms with van der Waals surface area (Å²) in [4.78, 5) is 24.0. The molecule has 1 heterocycles. The van der Waals surface area contributed by atoms with E-state index in [0.29, 0.717) is 48.2 Å². The van der Waals surface area contributed by atoms with Crippen molar-refractivity contribution in [2.45, 2.75) is 6.18 Å². The molecule has 1 fully saturated rings. The maximum atomic E-state index is 12.8. The zero-order chi connectivity index (χ0) is 24.0. The number of carbonyl (C=O) groups is 1. The smallest absolute Gasteiger partial charge is 0.416 e. The zero-order valence-electron chi connectivity index (χ0n) is 17.0. The van der Waals surface area contributed by atoms with E-state index in [9.17, 15) is 28.1 Å². The summed E-state index contributed by atoms with van der Waals surface area (Å²) in [6.45, 7) is 1.89. The van der Waals surface area contributed by atoms with Gasteiger partial charge in [-0.15, -0.1) is 0 Å². The van der Waals surface area contributed by atoms with Gasteiger partial charge in [-0.2, -0.15) is 18.3 Å². The Bertz CT molecular complexity index is 1060. The molecule has 13 heteroatoms. The van der Waals surface area contributed by atoms with E-state index < -0.39 is 22.4 Å². The Morgan fingerprint density at radius 2 is 2.00 bits per heavy atom. The van der Waals surface area contributed by atoms with Crippen molar-refractivity contribution in [3.8, 4) is 5.75 Å². The van der Waals surface area contributed by atoms with Crippen LogP contribution in [0.5, 0.6) is 5.75 Å². The van der Waals surface area contributed by atoms with E-state index in [1.165, 1.54) is 6.21 Å². The van der Waals surface area contributed by atoms with Crippen molar-refractivity contribution in [2.24, 2.45) is 5.10 Å². The van der Waals surface area contributed by atoms with Crippen LogP contribution in [0.15, 0.2) is 46.0 Å². The number of morpholine rings is 1. The fourth-order valence-corrected chi connectivity index (χ4v) is 3.40. The minimum absolute atomic E-state index is 0.134. The number of amides is 1. The molecule has 0 atom stereocenters. The molecule has 0 aromatic heterocycles. The first-order valence-electron chi connectivity index (χ1n) is 9.58. The molecule has 176 valence electrons. The second kappa shape index (κ2) is 10.6. The predicted molar refractivity (Wildman–Crippen MR) is 116 cm³/mol. The van der Waals surface area contributed by atoms with Crippen LogP contribution in [0.1, 0.15) is 11.1 Å². The third kappa shape index (κ3) is 6.65. The van der Waals surface area contributed by atoms with Gasteiger partial charge in [-0.05, 0) is 51.8 Å². The Morgan fingerprint density at radius 3 is 2.64 bits per heavy atom. The summed E-state index contributed by atoms with van der Waals surface area (Å²) in [6.07, 6.45) is -3.37. The molecule has 0 saturated carbocycles. The quantitative estimate of drug-likeness (QED) is 0.328. The number of rotatable bonds is 7. The molecule has 33 heavy (non-hydrogen) atoms. The van der Waals surface area contributed by atoms with Crippen LogP contribution in [-0.2, 0) is 15.7 Å². The van der Waals surface area contributed by atoms with Gasteiger partial charge in [0.15, 0.2) is 6.61 Å². The van der Waals surface area contributed by atoms with E-state index in [1.807, 2.05) is 0 Å². The van der Waals surface area contributed by atoms with Crippen LogP contribution >= 0.6 is 15.9 Å². The average molecular weight is 531 g/mol. The molecule has 1 aliphatic rings. The Hall–Kier alpha value is -3.19. The first-order chi connectivity index (χ1) is 15.6. The second-order valence-corrected chi connectivity index (χ2v) is 7.68. The number of halogens is 4. The van der Waals surface area contributed by atoms with Crippen LogP contribution in [-0.4, -0.2) is 54.9 Å². The third-order valence-electron chi connectivity index (χ3n) is 4.59. The number of anilines is 1. The molecule has 3 rings (SSSR count). The number of ether oxygens (including phenoxy) is 2. The lowest BCUT2D eigenvalue weighted by Crippen LogP contribution is -2.43. The Labute approximate surface area is 194 Å². The van der Waals surface area contributed by atoms with Crippen LogP contribution in [0.25, 0.3) is 0 Å². The number of hydrogen-bond donors (Lipinski definition) is 1. The summed E-state index contributed by atoms with van der Waals surface area (Å²) in [5.41, 5.74) is 0.879.